The zero-order chi connectivity index (χ0) is 10.4. The van der Waals surface area contributed by atoms with Gasteiger partial charge in [0.05, 0.1) is 6.54 Å². The van der Waals surface area contributed by atoms with Gasteiger partial charge >= 0.3 is 0 Å². The van der Waals surface area contributed by atoms with Gasteiger partial charge < -0.3 is 15.8 Å². The van der Waals surface area contributed by atoms with Gasteiger partial charge in [-0.2, -0.15) is 11.8 Å². The molecule has 1 aliphatic rings. The molecule has 15 heavy (non-hydrogen) atoms. The number of hydrogen-bond acceptors (Lipinski definition) is 4. The number of hydrogen-bond donors (Lipinski definition) is 2. The molecular weight excluding hydrogens is 236 g/mol. The van der Waals surface area contributed by atoms with Crippen molar-refractivity contribution in [1.29, 1.82) is 0 Å². The van der Waals surface area contributed by atoms with Crippen molar-refractivity contribution >= 4 is 30.1 Å². The van der Waals surface area contributed by atoms with Crippen LogP contribution in [0.15, 0.2) is 0 Å². The summed E-state index contributed by atoms with van der Waals surface area (Å²) in [6.45, 7) is 2.35. The van der Waals surface area contributed by atoms with Crippen molar-refractivity contribution in [3.8, 4) is 0 Å². The van der Waals surface area contributed by atoms with E-state index in [0.717, 1.165) is 26.1 Å². The van der Waals surface area contributed by atoms with Crippen molar-refractivity contribution in [2.75, 3.05) is 32.6 Å². The maximum atomic E-state index is 11.0. The lowest BCUT2D eigenvalue weighted by molar-refractivity contribution is -0.119. The van der Waals surface area contributed by atoms with Crippen LogP contribution in [-0.4, -0.2) is 43.2 Å². The topological polar surface area (TPSA) is 64.4 Å². The van der Waals surface area contributed by atoms with E-state index in [9.17, 15) is 4.79 Å². The molecule has 0 radical (unpaired) electrons. The minimum Gasteiger partial charge on any atom is -0.381 e. The second kappa shape index (κ2) is 7.33. The highest BCUT2D eigenvalue weighted by Crippen LogP contribution is 2.32. The maximum Gasteiger partial charge on any atom is 0.233 e. The Morgan fingerprint density at radius 2 is 2.13 bits per heavy atom. The number of nitrogens with one attached hydrogen (secondary N) is 1. The second-order valence-electron chi connectivity index (χ2n) is 3.48. The summed E-state index contributed by atoms with van der Waals surface area (Å²) < 4.78 is 5.46. The molecule has 1 saturated heterocycles. The molecule has 0 atom stereocenters. The molecule has 0 unspecified atom stereocenters. The Bertz CT molecular complexity index is 199. The lowest BCUT2D eigenvalue weighted by Crippen LogP contribution is -2.45. The van der Waals surface area contributed by atoms with Crippen LogP contribution in [0.2, 0.25) is 0 Å². The fourth-order valence-electron chi connectivity index (χ4n) is 1.53. The first-order valence-electron chi connectivity index (χ1n) is 4.82. The van der Waals surface area contributed by atoms with E-state index >= 15 is 0 Å². The normalized spacial score (nSPS) is 19.1. The highest BCUT2D eigenvalue weighted by Gasteiger charge is 2.31. The highest BCUT2D eigenvalue weighted by atomic mass is 35.5. The zero-order valence-electron chi connectivity index (χ0n) is 8.95. The number of ether oxygens (including phenoxy) is 1. The minimum absolute atomic E-state index is 0. The number of amides is 1. The number of nitrogens with two attached hydrogens (primary N) is 1. The van der Waals surface area contributed by atoms with Crippen molar-refractivity contribution in [2.45, 2.75) is 17.6 Å². The van der Waals surface area contributed by atoms with Crippen molar-refractivity contribution in [1.82, 2.24) is 5.32 Å². The summed E-state index contributed by atoms with van der Waals surface area (Å²) in [5, 5.41) is 2.85. The molecule has 90 valence electrons. The largest absolute Gasteiger partial charge is 0.381 e. The molecule has 1 rings (SSSR count). The minimum atomic E-state index is -0.0788. The highest BCUT2D eigenvalue weighted by molar-refractivity contribution is 8.00. The summed E-state index contributed by atoms with van der Waals surface area (Å²) in [4.78, 5) is 11.0. The number of carbonyl (C=O) groups is 1. The fourth-order valence-corrected chi connectivity index (χ4v) is 2.32. The monoisotopic (exact) mass is 254 g/mol. The summed E-state index contributed by atoms with van der Waals surface area (Å²) in [6.07, 6.45) is 4.08. The van der Waals surface area contributed by atoms with Crippen LogP contribution in [0.3, 0.4) is 0 Å². The standard InChI is InChI=1S/C9H18N2O2S.ClH/c1-14-9(2-4-13-5-3-9)7-11-8(12)6-10;/h2-7,10H2,1H3,(H,11,12);1H. The van der Waals surface area contributed by atoms with Crippen LogP contribution in [0.4, 0.5) is 0 Å². The molecule has 6 heteroatoms. The molecule has 4 nitrogen and oxygen atoms in total. The van der Waals surface area contributed by atoms with Gasteiger partial charge in [0, 0.05) is 24.5 Å². The molecule has 0 aromatic heterocycles. The van der Waals surface area contributed by atoms with Crippen LogP contribution in [0.1, 0.15) is 12.8 Å². The van der Waals surface area contributed by atoms with Gasteiger partial charge in [-0.15, -0.1) is 12.4 Å². The van der Waals surface area contributed by atoms with Gasteiger partial charge in [-0.1, -0.05) is 0 Å². The molecule has 1 heterocycles. The van der Waals surface area contributed by atoms with E-state index in [-0.39, 0.29) is 29.6 Å². The SMILES string of the molecule is CSC1(CNC(=O)CN)CCOCC1.Cl. The number of carbonyl (C=O) groups excluding carboxylic acids is 1. The summed E-state index contributed by atoms with van der Waals surface area (Å²) >= 11 is 1.81. The predicted octanol–water partition coefficient (Wildman–Crippen LogP) is 0.395. The van der Waals surface area contributed by atoms with Crippen molar-refractivity contribution in [3.05, 3.63) is 0 Å². The van der Waals surface area contributed by atoms with Crippen molar-refractivity contribution < 1.29 is 9.53 Å². The van der Waals surface area contributed by atoms with E-state index in [4.69, 9.17) is 10.5 Å². The van der Waals surface area contributed by atoms with Crippen LogP contribution in [0, 0.1) is 0 Å². The third kappa shape index (κ3) is 4.59. The molecular formula is C9H19ClN2O2S. The first-order valence-corrected chi connectivity index (χ1v) is 6.04. The molecule has 0 aromatic carbocycles. The number of thioether (sulfide) groups is 1. The van der Waals surface area contributed by atoms with Crippen LogP contribution in [0.5, 0.6) is 0 Å². The van der Waals surface area contributed by atoms with Crippen LogP contribution >= 0.6 is 24.2 Å². The molecule has 1 aliphatic heterocycles. The predicted molar refractivity (Wildman–Crippen MR) is 65.6 cm³/mol. The van der Waals surface area contributed by atoms with Gasteiger partial charge in [0.25, 0.3) is 0 Å². The van der Waals surface area contributed by atoms with Gasteiger partial charge in [0.1, 0.15) is 0 Å². The summed E-state index contributed by atoms with van der Waals surface area (Å²) in [6, 6.07) is 0. The third-order valence-electron chi connectivity index (χ3n) is 2.63. The van der Waals surface area contributed by atoms with Crippen molar-refractivity contribution in [3.63, 3.8) is 0 Å². The zero-order valence-corrected chi connectivity index (χ0v) is 10.6. The smallest absolute Gasteiger partial charge is 0.233 e. The Kier molecular flexibility index (Phi) is 7.34. The molecule has 0 aromatic rings. The van der Waals surface area contributed by atoms with Gasteiger partial charge in [-0.05, 0) is 19.1 Å². The molecule has 1 amide bonds. The van der Waals surface area contributed by atoms with Crippen LogP contribution in [-0.2, 0) is 9.53 Å². The number of halogens is 1. The van der Waals surface area contributed by atoms with E-state index in [0.29, 0.717) is 6.54 Å². The molecule has 3 N–H and O–H groups in total. The summed E-state index contributed by atoms with van der Waals surface area (Å²) in [7, 11) is 0. The Morgan fingerprint density at radius 1 is 1.53 bits per heavy atom. The molecule has 0 bridgehead atoms. The average Bonchev–Trinajstić information content (AvgIpc) is 2.27. The Balaban J connectivity index is 0.00000196. The summed E-state index contributed by atoms with van der Waals surface area (Å²) in [5.41, 5.74) is 5.23. The van der Waals surface area contributed by atoms with Gasteiger partial charge in [0.15, 0.2) is 0 Å². The van der Waals surface area contributed by atoms with E-state index in [1.165, 1.54) is 0 Å². The quantitative estimate of drug-likeness (QED) is 0.762. The van der Waals surface area contributed by atoms with E-state index in [1.807, 2.05) is 11.8 Å². The Hall–Kier alpha value is 0.0300. The third-order valence-corrected chi connectivity index (χ3v) is 4.05. The molecule has 0 saturated carbocycles. The Labute approximate surface area is 101 Å². The molecule has 1 fully saturated rings. The first-order chi connectivity index (χ1) is 6.72. The van der Waals surface area contributed by atoms with Gasteiger partial charge in [0.2, 0.25) is 5.91 Å². The maximum absolute atomic E-state index is 11.0. The van der Waals surface area contributed by atoms with Gasteiger partial charge in [-0.25, -0.2) is 0 Å². The lowest BCUT2D eigenvalue weighted by atomic mass is 9.99. The number of rotatable bonds is 4. The van der Waals surface area contributed by atoms with E-state index in [1.54, 1.807) is 0 Å². The molecule has 0 aliphatic carbocycles. The average molecular weight is 255 g/mol. The van der Waals surface area contributed by atoms with Crippen LogP contribution < -0.4 is 11.1 Å². The van der Waals surface area contributed by atoms with Crippen LogP contribution in [0.25, 0.3) is 0 Å². The fraction of sp³-hybridized carbons (Fsp3) is 0.889. The summed E-state index contributed by atoms with van der Waals surface area (Å²) in [5.74, 6) is -0.0788. The van der Waals surface area contributed by atoms with Gasteiger partial charge in [-0.3, -0.25) is 4.79 Å². The Morgan fingerprint density at radius 3 is 2.60 bits per heavy atom. The second-order valence-corrected chi connectivity index (χ2v) is 4.75. The first kappa shape index (κ1) is 15.0. The van der Waals surface area contributed by atoms with E-state index < -0.39 is 0 Å². The van der Waals surface area contributed by atoms with E-state index in [2.05, 4.69) is 11.6 Å². The molecule has 0 spiro atoms. The lowest BCUT2D eigenvalue weighted by Gasteiger charge is -2.35. The van der Waals surface area contributed by atoms with Crippen molar-refractivity contribution in [2.24, 2.45) is 5.73 Å².